The van der Waals surface area contributed by atoms with Gasteiger partial charge in [-0.05, 0) is 62.6 Å². The number of benzene rings is 2. The van der Waals surface area contributed by atoms with E-state index >= 15 is 0 Å². The Labute approximate surface area is 191 Å². The Kier molecular flexibility index (Phi) is 6.92. The van der Waals surface area contributed by atoms with Crippen molar-refractivity contribution in [1.29, 1.82) is 0 Å². The molecule has 1 fully saturated rings. The van der Waals surface area contributed by atoms with E-state index in [1.807, 2.05) is 50.2 Å². The van der Waals surface area contributed by atoms with Gasteiger partial charge in [-0.15, -0.1) is 11.8 Å². The molecule has 1 aromatic heterocycles. The van der Waals surface area contributed by atoms with Crippen LogP contribution >= 0.6 is 23.1 Å². The van der Waals surface area contributed by atoms with E-state index in [0.29, 0.717) is 5.13 Å². The van der Waals surface area contributed by atoms with Crippen LogP contribution in [0.1, 0.15) is 44.6 Å². The minimum absolute atomic E-state index is 0.0857. The number of nitrogens with one attached hydrogen (secondary N) is 2. The Hall–Kier alpha value is -2.38. The molecule has 1 unspecified atom stereocenters. The topological polar surface area (TPSA) is 71.1 Å². The SMILES string of the molecule is Cc1ccc2nc(NC(=O)C(C)Sc3cccc(NC(=O)C4CCCCC4)c3)sc2c1. The standard InChI is InChI=1S/C24H27N3O2S2/c1-15-11-12-20-21(13-15)31-24(26-20)27-22(28)16(2)30-19-10-6-9-18(14-19)25-23(29)17-7-4-3-5-8-17/h6,9-14,16-17H,3-5,7-8H2,1-2H3,(H,25,29)(H,26,27,28). The fourth-order valence-electron chi connectivity index (χ4n) is 3.81. The van der Waals surface area contributed by atoms with Crippen molar-refractivity contribution in [3.05, 3.63) is 48.0 Å². The molecule has 31 heavy (non-hydrogen) atoms. The molecule has 1 saturated carbocycles. The van der Waals surface area contributed by atoms with Crippen molar-refractivity contribution >= 4 is 55.9 Å². The highest BCUT2D eigenvalue weighted by molar-refractivity contribution is 8.00. The van der Waals surface area contributed by atoms with E-state index in [9.17, 15) is 9.59 Å². The molecule has 5 nitrogen and oxygen atoms in total. The summed E-state index contributed by atoms with van der Waals surface area (Å²) >= 11 is 2.96. The number of nitrogens with zero attached hydrogens (tertiary/aromatic N) is 1. The van der Waals surface area contributed by atoms with Crippen LogP contribution in [-0.2, 0) is 9.59 Å². The van der Waals surface area contributed by atoms with Crippen LogP contribution in [0.4, 0.5) is 10.8 Å². The first-order valence-electron chi connectivity index (χ1n) is 10.7. The summed E-state index contributed by atoms with van der Waals surface area (Å²) in [6.45, 7) is 3.92. The second-order valence-corrected chi connectivity index (χ2v) is 10.5. The Morgan fingerprint density at radius 2 is 1.90 bits per heavy atom. The number of carbonyl (C=O) groups excluding carboxylic acids is 2. The Morgan fingerprint density at radius 1 is 1.10 bits per heavy atom. The van der Waals surface area contributed by atoms with Crippen molar-refractivity contribution in [3.63, 3.8) is 0 Å². The zero-order valence-corrected chi connectivity index (χ0v) is 19.4. The molecule has 1 aliphatic carbocycles. The second kappa shape index (κ2) is 9.83. The van der Waals surface area contributed by atoms with E-state index in [1.54, 1.807) is 0 Å². The van der Waals surface area contributed by atoms with Gasteiger partial charge in [0.05, 0.1) is 15.5 Å². The molecule has 0 saturated heterocycles. The number of thiazole rings is 1. The number of hydrogen-bond donors (Lipinski definition) is 2. The van der Waals surface area contributed by atoms with Gasteiger partial charge in [-0.1, -0.05) is 42.7 Å². The zero-order chi connectivity index (χ0) is 21.8. The Morgan fingerprint density at radius 3 is 2.71 bits per heavy atom. The molecule has 1 heterocycles. The third kappa shape index (κ3) is 5.66. The molecular weight excluding hydrogens is 426 g/mol. The maximum atomic E-state index is 12.7. The highest BCUT2D eigenvalue weighted by Crippen LogP contribution is 2.30. The molecule has 162 valence electrons. The Balaban J connectivity index is 1.35. The highest BCUT2D eigenvalue weighted by atomic mass is 32.2. The maximum absolute atomic E-state index is 12.7. The fourth-order valence-corrected chi connectivity index (χ4v) is 5.70. The predicted molar refractivity (Wildman–Crippen MR) is 130 cm³/mol. The van der Waals surface area contributed by atoms with Gasteiger partial charge >= 0.3 is 0 Å². The van der Waals surface area contributed by atoms with E-state index in [2.05, 4.69) is 21.7 Å². The summed E-state index contributed by atoms with van der Waals surface area (Å²) in [5.41, 5.74) is 2.86. The molecule has 0 bridgehead atoms. The van der Waals surface area contributed by atoms with Crippen LogP contribution in [0.3, 0.4) is 0 Å². The third-order valence-electron chi connectivity index (χ3n) is 5.53. The van der Waals surface area contributed by atoms with E-state index in [-0.39, 0.29) is 23.0 Å². The molecule has 4 rings (SSSR count). The predicted octanol–water partition coefficient (Wildman–Crippen LogP) is 6.24. The molecule has 0 aliphatic heterocycles. The van der Waals surface area contributed by atoms with Gasteiger partial charge in [0, 0.05) is 16.5 Å². The molecule has 0 spiro atoms. The summed E-state index contributed by atoms with van der Waals surface area (Å²) in [4.78, 5) is 30.7. The van der Waals surface area contributed by atoms with Crippen LogP contribution in [0.5, 0.6) is 0 Å². The molecule has 2 N–H and O–H groups in total. The second-order valence-electron chi connectivity index (χ2n) is 8.09. The summed E-state index contributed by atoms with van der Waals surface area (Å²) in [5.74, 6) is 0.142. The maximum Gasteiger partial charge on any atom is 0.239 e. The van der Waals surface area contributed by atoms with Crippen molar-refractivity contribution in [3.8, 4) is 0 Å². The molecular formula is C24H27N3O2S2. The monoisotopic (exact) mass is 453 g/mol. The summed E-state index contributed by atoms with van der Waals surface area (Å²) in [5, 5.41) is 6.31. The lowest BCUT2D eigenvalue weighted by molar-refractivity contribution is -0.120. The average molecular weight is 454 g/mol. The fraction of sp³-hybridized carbons (Fsp3) is 0.375. The molecule has 1 aliphatic rings. The smallest absolute Gasteiger partial charge is 0.239 e. The van der Waals surface area contributed by atoms with Crippen LogP contribution in [0.15, 0.2) is 47.4 Å². The van der Waals surface area contributed by atoms with Crippen molar-refractivity contribution in [1.82, 2.24) is 4.98 Å². The summed E-state index contributed by atoms with van der Waals surface area (Å²) < 4.78 is 1.07. The summed E-state index contributed by atoms with van der Waals surface area (Å²) in [6, 6.07) is 13.8. The lowest BCUT2D eigenvalue weighted by atomic mass is 9.88. The average Bonchev–Trinajstić information content (AvgIpc) is 3.15. The highest BCUT2D eigenvalue weighted by Gasteiger charge is 2.21. The van der Waals surface area contributed by atoms with E-state index in [0.717, 1.165) is 46.5 Å². The van der Waals surface area contributed by atoms with E-state index in [1.165, 1.54) is 35.1 Å². The van der Waals surface area contributed by atoms with Gasteiger partial charge in [0.1, 0.15) is 0 Å². The van der Waals surface area contributed by atoms with Gasteiger partial charge in [-0.3, -0.25) is 9.59 Å². The van der Waals surface area contributed by atoms with Gasteiger partial charge in [-0.25, -0.2) is 4.98 Å². The van der Waals surface area contributed by atoms with Crippen molar-refractivity contribution in [2.24, 2.45) is 5.92 Å². The van der Waals surface area contributed by atoms with Crippen LogP contribution in [0.25, 0.3) is 10.2 Å². The Bertz CT molecular complexity index is 1090. The molecule has 2 aromatic carbocycles. The zero-order valence-electron chi connectivity index (χ0n) is 17.8. The van der Waals surface area contributed by atoms with Crippen molar-refractivity contribution in [2.45, 2.75) is 56.1 Å². The molecule has 2 amide bonds. The number of fused-ring (bicyclic) bond motifs is 1. The number of amides is 2. The quantitative estimate of drug-likeness (QED) is 0.433. The third-order valence-corrected chi connectivity index (χ3v) is 7.56. The number of aryl methyl sites for hydroxylation is 1. The van der Waals surface area contributed by atoms with Crippen LogP contribution in [0, 0.1) is 12.8 Å². The number of aromatic nitrogens is 1. The van der Waals surface area contributed by atoms with Gasteiger partial charge in [0.15, 0.2) is 5.13 Å². The van der Waals surface area contributed by atoms with Gasteiger partial charge in [0.25, 0.3) is 0 Å². The van der Waals surface area contributed by atoms with Crippen LogP contribution in [0.2, 0.25) is 0 Å². The normalized spacial score (nSPS) is 15.5. The van der Waals surface area contributed by atoms with Gasteiger partial charge < -0.3 is 10.6 Å². The number of hydrogen-bond acceptors (Lipinski definition) is 5. The first kappa shape index (κ1) is 21.8. The molecule has 1 atom stereocenters. The van der Waals surface area contributed by atoms with Crippen molar-refractivity contribution < 1.29 is 9.59 Å². The van der Waals surface area contributed by atoms with Gasteiger partial charge in [0.2, 0.25) is 11.8 Å². The summed E-state index contributed by atoms with van der Waals surface area (Å²) in [6.07, 6.45) is 5.45. The van der Waals surface area contributed by atoms with Crippen LogP contribution in [-0.4, -0.2) is 22.0 Å². The number of rotatable bonds is 6. The molecule has 7 heteroatoms. The van der Waals surface area contributed by atoms with Crippen LogP contribution < -0.4 is 10.6 Å². The number of thioether (sulfide) groups is 1. The van der Waals surface area contributed by atoms with E-state index < -0.39 is 0 Å². The van der Waals surface area contributed by atoms with Crippen molar-refractivity contribution in [2.75, 3.05) is 10.6 Å². The largest absolute Gasteiger partial charge is 0.326 e. The van der Waals surface area contributed by atoms with E-state index in [4.69, 9.17) is 0 Å². The summed E-state index contributed by atoms with van der Waals surface area (Å²) in [7, 11) is 0. The minimum atomic E-state index is -0.293. The lowest BCUT2D eigenvalue weighted by Gasteiger charge is -2.21. The van der Waals surface area contributed by atoms with Gasteiger partial charge in [-0.2, -0.15) is 0 Å². The first-order chi connectivity index (χ1) is 15.0. The first-order valence-corrected chi connectivity index (χ1v) is 12.4. The molecule has 0 radical (unpaired) electrons. The lowest BCUT2D eigenvalue weighted by Crippen LogP contribution is -2.24. The number of carbonyl (C=O) groups is 2. The number of anilines is 2. The minimum Gasteiger partial charge on any atom is -0.326 e. The molecule has 3 aromatic rings.